The molecule has 1 rings (SSSR count). The van der Waals surface area contributed by atoms with Gasteiger partial charge >= 0.3 is 0 Å². The number of halogens is 1. The van der Waals surface area contributed by atoms with Gasteiger partial charge in [0, 0.05) is 18.1 Å². The zero-order valence-corrected chi connectivity index (χ0v) is 7.79. The fourth-order valence-electron chi connectivity index (χ4n) is 1.14. The summed E-state index contributed by atoms with van der Waals surface area (Å²) in [7, 11) is 1.36. The van der Waals surface area contributed by atoms with E-state index in [-0.39, 0.29) is 18.1 Å². The standard InChI is InChI=1S/C9H12FNO3/c1-13-8-5-7(10)4-6(9(8)12)2-3-14-11/h4-5,12H,2-3,11H2,1H3. The Balaban J connectivity index is 2.96. The number of ether oxygens (including phenoxy) is 1. The molecule has 0 aliphatic carbocycles. The number of nitrogens with two attached hydrogens (primary N) is 1. The van der Waals surface area contributed by atoms with Gasteiger partial charge in [-0.15, -0.1) is 0 Å². The first-order valence-corrected chi connectivity index (χ1v) is 4.06. The van der Waals surface area contributed by atoms with Crippen molar-refractivity contribution in [3.63, 3.8) is 0 Å². The Labute approximate surface area is 81.0 Å². The number of hydrogen-bond acceptors (Lipinski definition) is 4. The van der Waals surface area contributed by atoms with Crippen molar-refractivity contribution in [3.8, 4) is 11.5 Å². The topological polar surface area (TPSA) is 64.7 Å². The molecule has 0 saturated heterocycles. The van der Waals surface area contributed by atoms with Gasteiger partial charge in [-0.3, -0.25) is 0 Å². The number of hydrogen-bond donors (Lipinski definition) is 2. The summed E-state index contributed by atoms with van der Waals surface area (Å²) >= 11 is 0. The first-order valence-electron chi connectivity index (χ1n) is 4.06. The van der Waals surface area contributed by atoms with Crippen LogP contribution < -0.4 is 10.6 Å². The summed E-state index contributed by atoms with van der Waals surface area (Å²) < 4.78 is 17.7. The van der Waals surface area contributed by atoms with E-state index in [0.29, 0.717) is 12.0 Å². The molecule has 0 amide bonds. The van der Waals surface area contributed by atoms with Crippen LogP contribution in [0.2, 0.25) is 0 Å². The number of phenolic OH excluding ortho intramolecular Hbond substituents is 1. The minimum atomic E-state index is -0.466. The predicted octanol–water partition coefficient (Wildman–Crippen LogP) is 0.973. The number of aromatic hydroxyl groups is 1. The number of methoxy groups -OCH3 is 1. The molecule has 4 nitrogen and oxygen atoms in total. The number of benzene rings is 1. The van der Waals surface area contributed by atoms with Crippen molar-refractivity contribution in [1.82, 2.24) is 0 Å². The second kappa shape index (κ2) is 4.78. The molecule has 5 heteroatoms. The third-order valence-corrected chi connectivity index (χ3v) is 1.83. The number of rotatable bonds is 4. The molecule has 0 atom stereocenters. The zero-order valence-electron chi connectivity index (χ0n) is 7.79. The van der Waals surface area contributed by atoms with Gasteiger partial charge in [0.2, 0.25) is 0 Å². The van der Waals surface area contributed by atoms with E-state index in [0.717, 1.165) is 6.07 Å². The van der Waals surface area contributed by atoms with Crippen molar-refractivity contribution >= 4 is 0 Å². The molecule has 0 unspecified atom stereocenters. The summed E-state index contributed by atoms with van der Waals surface area (Å²) in [6.45, 7) is 0.208. The van der Waals surface area contributed by atoms with Crippen LogP contribution in [-0.2, 0) is 11.3 Å². The van der Waals surface area contributed by atoms with Gasteiger partial charge in [-0.2, -0.15) is 0 Å². The second-order valence-electron chi connectivity index (χ2n) is 2.74. The molecule has 0 aromatic heterocycles. The average Bonchev–Trinajstić information content (AvgIpc) is 2.18. The maximum atomic E-state index is 13.0. The Morgan fingerprint density at radius 3 is 2.79 bits per heavy atom. The van der Waals surface area contributed by atoms with E-state index in [1.165, 1.54) is 13.2 Å². The molecule has 0 fully saturated rings. The van der Waals surface area contributed by atoms with Gasteiger partial charge in [0.15, 0.2) is 11.5 Å². The van der Waals surface area contributed by atoms with Crippen molar-refractivity contribution < 1.29 is 19.1 Å². The predicted molar refractivity (Wildman–Crippen MR) is 48.5 cm³/mol. The Morgan fingerprint density at radius 1 is 1.50 bits per heavy atom. The van der Waals surface area contributed by atoms with E-state index in [4.69, 9.17) is 10.6 Å². The van der Waals surface area contributed by atoms with Crippen LogP contribution in [0.5, 0.6) is 11.5 Å². The molecule has 0 aliphatic rings. The van der Waals surface area contributed by atoms with Crippen LogP contribution in [-0.4, -0.2) is 18.8 Å². The first-order chi connectivity index (χ1) is 6.69. The third kappa shape index (κ3) is 2.34. The van der Waals surface area contributed by atoms with Gasteiger partial charge in [0.25, 0.3) is 0 Å². The minimum absolute atomic E-state index is 0.0778. The highest BCUT2D eigenvalue weighted by atomic mass is 19.1. The molecule has 1 aromatic carbocycles. The minimum Gasteiger partial charge on any atom is -0.504 e. The lowest BCUT2D eigenvalue weighted by Crippen LogP contribution is -2.04. The largest absolute Gasteiger partial charge is 0.504 e. The fraction of sp³-hybridized carbons (Fsp3) is 0.333. The second-order valence-corrected chi connectivity index (χ2v) is 2.74. The van der Waals surface area contributed by atoms with Crippen molar-refractivity contribution in [2.75, 3.05) is 13.7 Å². The van der Waals surface area contributed by atoms with Crippen molar-refractivity contribution in [3.05, 3.63) is 23.5 Å². The summed E-state index contributed by atoms with van der Waals surface area (Å²) in [4.78, 5) is 4.34. The van der Waals surface area contributed by atoms with Crippen molar-refractivity contribution in [1.29, 1.82) is 0 Å². The van der Waals surface area contributed by atoms with Crippen molar-refractivity contribution in [2.24, 2.45) is 5.90 Å². The Hall–Kier alpha value is -1.33. The molecule has 78 valence electrons. The molecule has 1 aromatic rings. The monoisotopic (exact) mass is 201 g/mol. The molecule has 0 saturated carbocycles. The maximum absolute atomic E-state index is 13.0. The molecular formula is C9H12FNO3. The maximum Gasteiger partial charge on any atom is 0.163 e. The highest BCUT2D eigenvalue weighted by molar-refractivity contribution is 5.45. The van der Waals surface area contributed by atoms with Gasteiger partial charge in [-0.1, -0.05) is 0 Å². The lowest BCUT2D eigenvalue weighted by molar-refractivity contribution is 0.140. The van der Waals surface area contributed by atoms with E-state index >= 15 is 0 Å². The average molecular weight is 201 g/mol. The van der Waals surface area contributed by atoms with Crippen LogP contribution >= 0.6 is 0 Å². The molecule has 14 heavy (non-hydrogen) atoms. The Kier molecular flexibility index (Phi) is 3.67. The Bertz CT molecular complexity index is 317. The summed E-state index contributed by atoms with van der Waals surface area (Å²) in [5.74, 6) is 4.39. The Morgan fingerprint density at radius 2 is 2.21 bits per heavy atom. The van der Waals surface area contributed by atoms with E-state index in [9.17, 15) is 9.50 Å². The smallest absolute Gasteiger partial charge is 0.163 e. The van der Waals surface area contributed by atoms with Crippen LogP contribution in [0.15, 0.2) is 12.1 Å². The lowest BCUT2D eigenvalue weighted by atomic mass is 10.1. The molecule has 0 radical (unpaired) electrons. The van der Waals surface area contributed by atoms with Crippen LogP contribution in [0.4, 0.5) is 4.39 Å². The molecule has 3 N–H and O–H groups in total. The van der Waals surface area contributed by atoms with Gasteiger partial charge < -0.3 is 14.7 Å². The van der Waals surface area contributed by atoms with E-state index < -0.39 is 5.82 Å². The lowest BCUT2D eigenvalue weighted by Gasteiger charge is -2.08. The fourth-order valence-corrected chi connectivity index (χ4v) is 1.14. The highest BCUT2D eigenvalue weighted by Gasteiger charge is 2.10. The van der Waals surface area contributed by atoms with Crippen LogP contribution in [0.1, 0.15) is 5.56 Å². The highest BCUT2D eigenvalue weighted by Crippen LogP contribution is 2.31. The van der Waals surface area contributed by atoms with Gasteiger partial charge in [0.1, 0.15) is 5.82 Å². The quantitative estimate of drug-likeness (QED) is 0.712. The van der Waals surface area contributed by atoms with Gasteiger partial charge in [0.05, 0.1) is 13.7 Å². The van der Waals surface area contributed by atoms with Gasteiger partial charge in [-0.25, -0.2) is 10.3 Å². The van der Waals surface area contributed by atoms with E-state index in [1.807, 2.05) is 0 Å². The molecule has 0 bridgehead atoms. The zero-order chi connectivity index (χ0) is 10.6. The molecule has 0 spiro atoms. The summed E-state index contributed by atoms with van der Waals surface area (Å²) in [6, 6.07) is 2.33. The third-order valence-electron chi connectivity index (χ3n) is 1.83. The summed E-state index contributed by atoms with van der Waals surface area (Å²) in [6.07, 6.45) is 0.330. The number of phenols is 1. The van der Waals surface area contributed by atoms with Crippen LogP contribution in [0, 0.1) is 5.82 Å². The van der Waals surface area contributed by atoms with Crippen LogP contribution in [0.3, 0.4) is 0 Å². The first kappa shape index (κ1) is 10.7. The van der Waals surface area contributed by atoms with Crippen molar-refractivity contribution in [2.45, 2.75) is 6.42 Å². The van der Waals surface area contributed by atoms with E-state index in [1.54, 1.807) is 0 Å². The molecule has 0 heterocycles. The molecule has 0 aliphatic heterocycles. The summed E-state index contributed by atoms with van der Waals surface area (Å²) in [5.41, 5.74) is 0.410. The summed E-state index contributed by atoms with van der Waals surface area (Å²) in [5, 5.41) is 9.55. The van der Waals surface area contributed by atoms with Crippen LogP contribution in [0.25, 0.3) is 0 Å². The molecular weight excluding hydrogens is 189 g/mol. The SMILES string of the molecule is COc1cc(F)cc(CCON)c1O. The van der Waals surface area contributed by atoms with Gasteiger partial charge in [-0.05, 0) is 6.07 Å². The van der Waals surface area contributed by atoms with E-state index in [2.05, 4.69) is 4.84 Å². The normalized spacial score (nSPS) is 10.2.